The molecule has 0 fully saturated rings. The molecule has 0 aliphatic rings. The molecule has 3 aromatic rings. The lowest BCUT2D eigenvalue weighted by Gasteiger charge is -2.14. The Balaban J connectivity index is 0.000000292. The highest BCUT2D eigenvalue weighted by Gasteiger charge is 2.13. The SMILES string of the molecule is CC(C(=O)[O-])c1ccc(-c2ccc(Cl)cc2Cl)c(F)c1.[NH3+]Cc1ccccc1. The van der Waals surface area contributed by atoms with Crippen molar-refractivity contribution in [2.24, 2.45) is 0 Å². The summed E-state index contributed by atoms with van der Waals surface area (Å²) in [6.07, 6.45) is 0. The number of halogens is 3. The third kappa shape index (κ3) is 5.80. The predicted molar refractivity (Wildman–Crippen MR) is 108 cm³/mol. The quantitative estimate of drug-likeness (QED) is 0.691. The van der Waals surface area contributed by atoms with Gasteiger partial charge in [-0.15, -0.1) is 0 Å². The first kappa shape index (κ1) is 21.9. The van der Waals surface area contributed by atoms with Crippen LogP contribution in [-0.4, -0.2) is 5.97 Å². The van der Waals surface area contributed by atoms with Gasteiger partial charge in [0.2, 0.25) is 0 Å². The number of benzene rings is 3. The molecule has 28 heavy (non-hydrogen) atoms. The van der Waals surface area contributed by atoms with Crippen LogP contribution >= 0.6 is 23.2 Å². The molecule has 1 atom stereocenters. The number of carboxylic acid groups (broad SMARTS) is 1. The minimum Gasteiger partial charge on any atom is -0.550 e. The maximum atomic E-state index is 14.1. The van der Waals surface area contributed by atoms with Crippen molar-refractivity contribution in [3.05, 3.63) is 93.7 Å². The summed E-state index contributed by atoms with van der Waals surface area (Å²) >= 11 is 11.8. The summed E-state index contributed by atoms with van der Waals surface area (Å²) in [7, 11) is 0. The first-order valence-electron chi connectivity index (χ1n) is 8.62. The molecule has 0 amide bonds. The van der Waals surface area contributed by atoms with Crippen molar-refractivity contribution in [1.29, 1.82) is 0 Å². The summed E-state index contributed by atoms with van der Waals surface area (Å²) < 4.78 is 14.1. The van der Waals surface area contributed by atoms with Gasteiger partial charge in [-0.2, -0.15) is 0 Å². The normalized spacial score (nSPS) is 11.3. The van der Waals surface area contributed by atoms with E-state index in [4.69, 9.17) is 23.2 Å². The number of hydrogen-bond acceptors (Lipinski definition) is 2. The summed E-state index contributed by atoms with van der Waals surface area (Å²) in [4.78, 5) is 10.8. The Hall–Kier alpha value is -2.40. The van der Waals surface area contributed by atoms with Crippen LogP contribution in [0.2, 0.25) is 10.0 Å². The van der Waals surface area contributed by atoms with Gasteiger partial charge in [-0.05, 0) is 23.8 Å². The van der Waals surface area contributed by atoms with Gasteiger partial charge in [0.05, 0.1) is 6.54 Å². The molecule has 0 radical (unpaired) electrons. The van der Waals surface area contributed by atoms with Crippen LogP contribution in [0.4, 0.5) is 4.39 Å². The Labute approximate surface area is 173 Å². The number of aliphatic carboxylic acids is 1. The van der Waals surface area contributed by atoms with Crippen molar-refractivity contribution in [3.8, 4) is 11.1 Å². The number of carbonyl (C=O) groups excluding carboxylic acids is 1. The van der Waals surface area contributed by atoms with Crippen molar-refractivity contribution in [2.45, 2.75) is 19.4 Å². The molecule has 6 heteroatoms. The molecule has 146 valence electrons. The molecular weight excluding hydrogens is 400 g/mol. The van der Waals surface area contributed by atoms with Gasteiger partial charge in [0.25, 0.3) is 0 Å². The van der Waals surface area contributed by atoms with Crippen LogP contribution in [0.15, 0.2) is 66.7 Å². The fourth-order valence-corrected chi connectivity index (χ4v) is 3.02. The van der Waals surface area contributed by atoms with Crippen molar-refractivity contribution >= 4 is 29.2 Å². The monoisotopic (exact) mass is 419 g/mol. The summed E-state index contributed by atoms with van der Waals surface area (Å²) in [6, 6.07) is 19.2. The zero-order valence-electron chi connectivity index (χ0n) is 15.3. The molecule has 0 saturated heterocycles. The lowest BCUT2D eigenvalue weighted by Crippen LogP contribution is -2.47. The van der Waals surface area contributed by atoms with Gasteiger partial charge in [-0.1, -0.05) is 78.7 Å². The fourth-order valence-electron chi connectivity index (χ4n) is 2.51. The Morgan fingerprint density at radius 2 is 1.68 bits per heavy atom. The standard InChI is InChI=1S/C15H11Cl2FO2.C7H9N/c1-8(15(19)20)9-2-4-12(14(18)6-9)11-5-3-10(16)7-13(11)17;8-6-7-4-2-1-3-5-7/h2-8H,1H3,(H,19,20);1-5H,6,8H2. The average Bonchev–Trinajstić information content (AvgIpc) is 2.69. The second kappa shape index (κ2) is 10.2. The maximum absolute atomic E-state index is 14.1. The third-order valence-electron chi connectivity index (χ3n) is 4.20. The molecule has 0 aliphatic heterocycles. The molecule has 0 spiro atoms. The molecule has 0 aromatic heterocycles. The minimum atomic E-state index is -1.25. The number of carbonyl (C=O) groups is 1. The molecule has 3 rings (SSSR count). The summed E-state index contributed by atoms with van der Waals surface area (Å²) in [5, 5.41) is 11.6. The second-order valence-corrected chi connectivity index (χ2v) is 6.98. The molecule has 3 aromatic carbocycles. The lowest BCUT2D eigenvalue weighted by atomic mass is 9.97. The summed E-state index contributed by atoms with van der Waals surface area (Å²) in [5.41, 5.74) is 6.19. The van der Waals surface area contributed by atoms with Crippen LogP contribution in [0.5, 0.6) is 0 Å². The van der Waals surface area contributed by atoms with Gasteiger partial charge in [0, 0.05) is 38.6 Å². The van der Waals surface area contributed by atoms with Gasteiger partial charge in [0.1, 0.15) is 5.82 Å². The van der Waals surface area contributed by atoms with E-state index in [0.29, 0.717) is 26.7 Å². The summed E-state index contributed by atoms with van der Waals surface area (Å²) in [6.45, 7) is 2.33. The second-order valence-electron chi connectivity index (χ2n) is 6.14. The first-order chi connectivity index (χ1) is 13.3. The fraction of sp³-hybridized carbons (Fsp3) is 0.136. The van der Waals surface area contributed by atoms with E-state index < -0.39 is 17.7 Å². The highest BCUT2D eigenvalue weighted by Crippen LogP contribution is 2.33. The topological polar surface area (TPSA) is 67.8 Å². The molecule has 0 heterocycles. The van der Waals surface area contributed by atoms with Crippen molar-refractivity contribution in [2.75, 3.05) is 0 Å². The largest absolute Gasteiger partial charge is 0.550 e. The smallest absolute Gasteiger partial charge is 0.131 e. The van der Waals surface area contributed by atoms with Crippen LogP contribution in [0.3, 0.4) is 0 Å². The minimum absolute atomic E-state index is 0.293. The Morgan fingerprint density at radius 1 is 1.04 bits per heavy atom. The van der Waals surface area contributed by atoms with Gasteiger partial charge in [-0.3, -0.25) is 0 Å². The van der Waals surface area contributed by atoms with Gasteiger partial charge < -0.3 is 15.6 Å². The lowest BCUT2D eigenvalue weighted by molar-refractivity contribution is -0.386. The van der Waals surface area contributed by atoms with Crippen LogP contribution in [0.25, 0.3) is 11.1 Å². The van der Waals surface area contributed by atoms with Crippen LogP contribution in [0, 0.1) is 5.82 Å². The molecule has 0 saturated carbocycles. The predicted octanol–water partition coefficient (Wildman–Crippen LogP) is 4.08. The van der Waals surface area contributed by atoms with Gasteiger partial charge in [-0.25, -0.2) is 4.39 Å². The van der Waals surface area contributed by atoms with E-state index in [0.717, 1.165) is 6.54 Å². The number of rotatable bonds is 4. The van der Waals surface area contributed by atoms with Crippen molar-refractivity contribution < 1.29 is 20.0 Å². The first-order valence-corrected chi connectivity index (χ1v) is 9.38. The van der Waals surface area contributed by atoms with E-state index in [1.165, 1.54) is 30.7 Å². The van der Waals surface area contributed by atoms with Gasteiger partial charge in [0.15, 0.2) is 0 Å². The zero-order chi connectivity index (χ0) is 20.7. The Kier molecular flexibility index (Phi) is 8.00. The third-order valence-corrected chi connectivity index (χ3v) is 4.75. The van der Waals surface area contributed by atoms with E-state index in [1.54, 1.807) is 18.2 Å². The highest BCUT2D eigenvalue weighted by atomic mass is 35.5. The van der Waals surface area contributed by atoms with E-state index in [-0.39, 0.29) is 0 Å². The average molecular weight is 420 g/mol. The van der Waals surface area contributed by atoms with Crippen LogP contribution in [-0.2, 0) is 11.3 Å². The number of hydrogen-bond donors (Lipinski definition) is 1. The van der Waals surface area contributed by atoms with E-state index in [9.17, 15) is 14.3 Å². The van der Waals surface area contributed by atoms with Crippen molar-refractivity contribution in [1.82, 2.24) is 0 Å². The van der Waals surface area contributed by atoms with E-state index >= 15 is 0 Å². The van der Waals surface area contributed by atoms with Crippen LogP contribution < -0.4 is 10.8 Å². The number of quaternary nitrogens is 1. The van der Waals surface area contributed by atoms with Crippen LogP contribution in [0.1, 0.15) is 24.0 Å². The van der Waals surface area contributed by atoms with E-state index in [2.05, 4.69) is 17.9 Å². The Morgan fingerprint density at radius 3 is 2.18 bits per heavy atom. The molecule has 3 N–H and O–H groups in total. The molecule has 3 nitrogen and oxygen atoms in total. The molecular formula is C22H20Cl2FNO2. The highest BCUT2D eigenvalue weighted by molar-refractivity contribution is 6.36. The van der Waals surface area contributed by atoms with Crippen molar-refractivity contribution in [3.63, 3.8) is 0 Å². The Bertz CT molecular complexity index is 949. The molecule has 0 aliphatic carbocycles. The van der Waals surface area contributed by atoms with Gasteiger partial charge >= 0.3 is 0 Å². The zero-order valence-corrected chi connectivity index (χ0v) is 16.8. The summed E-state index contributed by atoms with van der Waals surface area (Å²) in [5.74, 6) is -2.67. The van der Waals surface area contributed by atoms with E-state index in [1.807, 2.05) is 18.2 Å². The molecule has 0 bridgehead atoms. The number of carboxylic acids is 1. The molecule has 1 unspecified atom stereocenters. The maximum Gasteiger partial charge on any atom is 0.131 e.